The second-order valence-electron chi connectivity index (χ2n) is 7.38. The molecule has 0 saturated heterocycles. The maximum Gasteiger partial charge on any atom is 0.0423 e. The molecule has 132 valence electrons. The number of hydrogen-bond donors (Lipinski definition) is 1. The molecule has 0 radical (unpaired) electrons. The van der Waals surface area contributed by atoms with Gasteiger partial charge in [0.25, 0.3) is 0 Å². The zero-order valence-electron chi connectivity index (χ0n) is 15.7. The molecule has 0 aliphatic carbocycles. The second kappa shape index (κ2) is 6.17. The molecule has 2 nitrogen and oxygen atoms in total. The van der Waals surface area contributed by atoms with Crippen LogP contribution in [0.25, 0.3) is 32.3 Å². The minimum Gasteiger partial charge on any atom is -0.380 e. The van der Waals surface area contributed by atoms with Gasteiger partial charge in [-0.05, 0) is 50.7 Å². The highest BCUT2D eigenvalue weighted by atomic mass is 15.1. The van der Waals surface area contributed by atoms with Crippen molar-refractivity contribution in [2.75, 3.05) is 24.3 Å². The fourth-order valence-corrected chi connectivity index (χ4v) is 4.00. The summed E-state index contributed by atoms with van der Waals surface area (Å²) >= 11 is 0. The Morgan fingerprint density at radius 1 is 0.667 bits per heavy atom. The Kier molecular flexibility index (Phi) is 3.64. The predicted molar refractivity (Wildman–Crippen MR) is 118 cm³/mol. The lowest BCUT2D eigenvalue weighted by atomic mass is 9.93. The van der Waals surface area contributed by atoms with Crippen molar-refractivity contribution in [2.24, 2.45) is 0 Å². The first-order chi connectivity index (χ1) is 13.2. The van der Waals surface area contributed by atoms with Gasteiger partial charge in [-0.2, -0.15) is 0 Å². The molecule has 0 amide bonds. The molecular weight excluding hydrogens is 328 g/mol. The van der Waals surface area contributed by atoms with E-state index in [9.17, 15) is 0 Å². The van der Waals surface area contributed by atoms with Crippen LogP contribution in [0.4, 0.5) is 11.4 Å². The van der Waals surface area contributed by atoms with Crippen molar-refractivity contribution in [3.05, 3.63) is 84.4 Å². The number of nitrogens with one attached hydrogen (secondary N) is 1. The standard InChI is InChI=1S/C25H22N2/c1-27(2)21-12-6-17(7-13-21)16-26-23-15-11-20-9-8-18-4-3-5-19-10-14-22(23)25(20)24(18)19/h3-15,26H,16H2,1-2H3. The third-order valence-electron chi connectivity index (χ3n) is 5.46. The van der Waals surface area contributed by atoms with E-state index < -0.39 is 0 Å². The molecule has 0 unspecified atom stereocenters. The molecule has 0 aliphatic heterocycles. The van der Waals surface area contributed by atoms with Crippen LogP contribution in [0.2, 0.25) is 0 Å². The van der Waals surface area contributed by atoms with Gasteiger partial charge in [0.1, 0.15) is 0 Å². The average molecular weight is 350 g/mol. The van der Waals surface area contributed by atoms with Gasteiger partial charge >= 0.3 is 0 Å². The summed E-state index contributed by atoms with van der Waals surface area (Å²) in [5.41, 5.74) is 3.70. The molecule has 0 atom stereocenters. The van der Waals surface area contributed by atoms with E-state index in [-0.39, 0.29) is 0 Å². The molecule has 0 bridgehead atoms. The van der Waals surface area contributed by atoms with Crippen molar-refractivity contribution in [1.82, 2.24) is 0 Å². The van der Waals surface area contributed by atoms with Gasteiger partial charge in [-0.15, -0.1) is 0 Å². The smallest absolute Gasteiger partial charge is 0.0423 e. The Hall–Kier alpha value is -3.26. The molecule has 0 spiro atoms. The first-order valence-corrected chi connectivity index (χ1v) is 9.37. The Balaban J connectivity index is 1.55. The lowest BCUT2D eigenvalue weighted by Crippen LogP contribution is -2.08. The summed E-state index contributed by atoms with van der Waals surface area (Å²) in [6, 6.07) is 28.6. The first kappa shape index (κ1) is 16.0. The SMILES string of the molecule is CN(C)c1ccc(CNc2ccc3ccc4cccc5ccc2c3c45)cc1. The minimum absolute atomic E-state index is 0.817. The summed E-state index contributed by atoms with van der Waals surface area (Å²) in [6.07, 6.45) is 0. The van der Waals surface area contributed by atoms with E-state index in [1.165, 1.54) is 49.3 Å². The molecule has 0 saturated carbocycles. The summed E-state index contributed by atoms with van der Waals surface area (Å²) < 4.78 is 0. The molecule has 5 aromatic carbocycles. The summed E-state index contributed by atoms with van der Waals surface area (Å²) in [7, 11) is 4.13. The topological polar surface area (TPSA) is 15.3 Å². The van der Waals surface area contributed by atoms with Crippen LogP contribution in [-0.4, -0.2) is 14.1 Å². The van der Waals surface area contributed by atoms with Gasteiger partial charge in [-0.25, -0.2) is 0 Å². The van der Waals surface area contributed by atoms with Gasteiger partial charge in [0.15, 0.2) is 0 Å². The fraction of sp³-hybridized carbons (Fsp3) is 0.120. The molecule has 0 heterocycles. The molecule has 0 fully saturated rings. The van der Waals surface area contributed by atoms with Crippen LogP contribution in [0.15, 0.2) is 78.9 Å². The fourth-order valence-electron chi connectivity index (χ4n) is 4.00. The Morgan fingerprint density at radius 2 is 1.30 bits per heavy atom. The molecule has 0 aromatic heterocycles. The normalized spacial score (nSPS) is 11.5. The maximum absolute atomic E-state index is 3.65. The Morgan fingerprint density at radius 3 is 2.00 bits per heavy atom. The third kappa shape index (κ3) is 2.65. The number of hydrogen-bond acceptors (Lipinski definition) is 2. The monoisotopic (exact) mass is 350 g/mol. The minimum atomic E-state index is 0.817. The van der Waals surface area contributed by atoms with Crippen LogP contribution in [0, 0.1) is 0 Å². The number of rotatable bonds is 4. The highest BCUT2D eigenvalue weighted by molar-refractivity contribution is 6.25. The van der Waals surface area contributed by atoms with Gasteiger partial charge in [0, 0.05) is 37.4 Å². The van der Waals surface area contributed by atoms with Crippen LogP contribution in [0.1, 0.15) is 5.56 Å². The van der Waals surface area contributed by atoms with Gasteiger partial charge < -0.3 is 10.2 Å². The quantitative estimate of drug-likeness (QED) is 0.385. The third-order valence-corrected chi connectivity index (χ3v) is 5.46. The number of nitrogens with zero attached hydrogens (tertiary/aromatic N) is 1. The van der Waals surface area contributed by atoms with Crippen LogP contribution in [0.5, 0.6) is 0 Å². The van der Waals surface area contributed by atoms with E-state index >= 15 is 0 Å². The van der Waals surface area contributed by atoms with Gasteiger partial charge in [0.2, 0.25) is 0 Å². The van der Waals surface area contributed by atoms with E-state index in [2.05, 4.69) is 103 Å². The van der Waals surface area contributed by atoms with Gasteiger partial charge in [-0.3, -0.25) is 0 Å². The summed E-state index contributed by atoms with van der Waals surface area (Å²) in [6.45, 7) is 0.817. The Bertz CT molecular complexity index is 1220. The Labute approximate surface area is 159 Å². The molecule has 5 aromatic rings. The molecule has 27 heavy (non-hydrogen) atoms. The van der Waals surface area contributed by atoms with E-state index in [4.69, 9.17) is 0 Å². The maximum atomic E-state index is 3.65. The van der Waals surface area contributed by atoms with Crippen molar-refractivity contribution in [1.29, 1.82) is 0 Å². The van der Waals surface area contributed by atoms with Crippen molar-refractivity contribution >= 4 is 43.7 Å². The van der Waals surface area contributed by atoms with Gasteiger partial charge in [-0.1, -0.05) is 60.7 Å². The second-order valence-corrected chi connectivity index (χ2v) is 7.38. The van der Waals surface area contributed by atoms with E-state index in [0.29, 0.717) is 0 Å². The molecule has 2 heteroatoms. The number of anilines is 2. The zero-order valence-corrected chi connectivity index (χ0v) is 15.7. The van der Waals surface area contributed by atoms with Crippen LogP contribution in [0.3, 0.4) is 0 Å². The molecule has 5 rings (SSSR count). The van der Waals surface area contributed by atoms with Crippen molar-refractivity contribution in [3.63, 3.8) is 0 Å². The number of benzene rings is 5. The van der Waals surface area contributed by atoms with E-state index in [1.807, 2.05) is 0 Å². The summed E-state index contributed by atoms with van der Waals surface area (Å²) in [5.74, 6) is 0. The highest BCUT2D eigenvalue weighted by Crippen LogP contribution is 2.37. The van der Waals surface area contributed by atoms with Crippen molar-refractivity contribution < 1.29 is 0 Å². The highest BCUT2D eigenvalue weighted by Gasteiger charge is 2.10. The molecule has 0 aliphatic rings. The largest absolute Gasteiger partial charge is 0.380 e. The van der Waals surface area contributed by atoms with Crippen molar-refractivity contribution in [2.45, 2.75) is 6.54 Å². The first-order valence-electron chi connectivity index (χ1n) is 9.37. The summed E-state index contributed by atoms with van der Waals surface area (Å²) in [4.78, 5) is 2.12. The lowest BCUT2D eigenvalue weighted by molar-refractivity contribution is 1.11. The molecular formula is C25H22N2. The van der Waals surface area contributed by atoms with E-state index in [1.54, 1.807) is 0 Å². The van der Waals surface area contributed by atoms with Crippen LogP contribution in [-0.2, 0) is 6.54 Å². The van der Waals surface area contributed by atoms with Crippen molar-refractivity contribution in [3.8, 4) is 0 Å². The van der Waals surface area contributed by atoms with E-state index in [0.717, 1.165) is 6.54 Å². The zero-order chi connectivity index (χ0) is 18.4. The average Bonchev–Trinajstić information content (AvgIpc) is 2.71. The van der Waals surface area contributed by atoms with Gasteiger partial charge in [0.05, 0.1) is 0 Å². The predicted octanol–water partition coefficient (Wildman–Crippen LogP) is 6.26. The van der Waals surface area contributed by atoms with Crippen LogP contribution < -0.4 is 10.2 Å². The van der Waals surface area contributed by atoms with Crippen LogP contribution >= 0.6 is 0 Å². The molecule has 1 N–H and O–H groups in total. The lowest BCUT2D eigenvalue weighted by Gasteiger charge is -2.16. The summed E-state index contributed by atoms with van der Waals surface area (Å²) in [5, 5.41) is 11.6.